The van der Waals surface area contributed by atoms with Crippen LogP contribution in [0.3, 0.4) is 0 Å². The van der Waals surface area contributed by atoms with Gasteiger partial charge in [-0.05, 0) is 31.4 Å². The van der Waals surface area contributed by atoms with Gasteiger partial charge in [0.15, 0.2) is 0 Å². The molecule has 0 radical (unpaired) electrons. The van der Waals surface area contributed by atoms with E-state index in [1.165, 1.54) is 16.5 Å². The van der Waals surface area contributed by atoms with Crippen molar-refractivity contribution in [3.8, 4) is 0 Å². The third-order valence-electron chi connectivity index (χ3n) is 4.33. The number of carbonyl (C=O) groups is 1. The van der Waals surface area contributed by atoms with Crippen molar-refractivity contribution in [3.05, 3.63) is 36.0 Å². The molecule has 2 N–H and O–H groups in total. The fraction of sp³-hybridized carbons (Fsp3) is 0.471. The number of aromatic amines is 1. The quantitative estimate of drug-likeness (QED) is 0.905. The molecule has 0 spiro atoms. The maximum absolute atomic E-state index is 12.3. The van der Waals surface area contributed by atoms with Gasteiger partial charge >= 0.3 is 0 Å². The predicted octanol–water partition coefficient (Wildman–Crippen LogP) is 2.31. The van der Waals surface area contributed by atoms with Gasteiger partial charge in [-0.2, -0.15) is 0 Å². The molecular formula is C17H23N3O. The zero-order valence-electron chi connectivity index (χ0n) is 12.6. The number of para-hydroxylation sites is 1. The van der Waals surface area contributed by atoms with Crippen molar-refractivity contribution < 1.29 is 4.79 Å². The highest BCUT2D eigenvalue weighted by molar-refractivity contribution is 5.83. The van der Waals surface area contributed by atoms with Crippen molar-refractivity contribution in [2.75, 3.05) is 19.6 Å². The van der Waals surface area contributed by atoms with Gasteiger partial charge in [0.25, 0.3) is 0 Å². The lowest BCUT2D eigenvalue weighted by molar-refractivity contribution is -0.134. The highest BCUT2D eigenvalue weighted by atomic mass is 16.2. The van der Waals surface area contributed by atoms with Gasteiger partial charge < -0.3 is 15.2 Å². The molecule has 1 aliphatic heterocycles. The van der Waals surface area contributed by atoms with E-state index >= 15 is 0 Å². The van der Waals surface area contributed by atoms with Gasteiger partial charge in [0.1, 0.15) is 0 Å². The van der Waals surface area contributed by atoms with Gasteiger partial charge in [-0.25, -0.2) is 0 Å². The number of nitrogens with zero attached hydrogens (tertiary/aromatic N) is 1. The van der Waals surface area contributed by atoms with Gasteiger partial charge in [0, 0.05) is 49.2 Å². The lowest BCUT2D eigenvalue weighted by Crippen LogP contribution is -2.52. The van der Waals surface area contributed by atoms with Gasteiger partial charge in [0.05, 0.1) is 0 Å². The summed E-state index contributed by atoms with van der Waals surface area (Å²) in [5, 5.41) is 4.60. The number of H-pyrrole nitrogens is 1. The van der Waals surface area contributed by atoms with Crippen LogP contribution in [0.25, 0.3) is 10.9 Å². The lowest BCUT2D eigenvalue weighted by Gasteiger charge is -2.34. The fourth-order valence-electron chi connectivity index (χ4n) is 3.12. The molecule has 3 rings (SSSR count). The summed E-state index contributed by atoms with van der Waals surface area (Å²) in [6.07, 6.45) is 4.58. The Morgan fingerprint density at radius 2 is 2.24 bits per heavy atom. The first-order valence-corrected chi connectivity index (χ1v) is 7.81. The molecule has 1 aromatic heterocycles. The molecule has 1 aliphatic rings. The first-order valence-electron chi connectivity index (χ1n) is 7.81. The van der Waals surface area contributed by atoms with Gasteiger partial charge in [-0.15, -0.1) is 0 Å². The van der Waals surface area contributed by atoms with Crippen LogP contribution < -0.4 is 5.32 Å². The van der Waals surface area contributed by atoms with E-state index in [4.69, 9.17) is 0 Å². The molecule has 2 heterocycles. The van der Waals surface area contributed by atoms with Crippen LogP contribution in [-0.2, 0) is 11.2 Å². The maximum Gasteiger partial charge on any atom is 0.222 e. The summed E-state index contributed by atoms with van der Waals surface area (Å²) in [6, 6.07) is 8.65. The summed E-state index contributed by atoms with van der Waals surface area (Å²) in [5.41, 5.74) is 2.49. The summed E-state index contributed by atoms with van der Waals surface area (Å²) >= 11 is 0. The van der Waals surface area contributed by atoms with E-state index in [1.54, 1.807) is 0 Å². The fourth-order valence-corrected chi connectivity index (χ4v) is 3.12. The highest BCUT2D eigenvalue weighted by Crippen LogP contribution is 2.19. The minimum atomic E-state index is 0.295. The van der Waals surface area contributed by atoms with Crippen molar-refractivity contribution in [2.24, 2.45) is 0 Å². The van der Waals surface area contributed by atoms with Crippen LogP contribution in [0.5, 0.6) is 0 Å². The van der Waals surface area contributed by atoms with Crippen LogP contribution in [0, 0.1) is 0 Å². The van der Waals surface area contributed by atoms with E-state index in [9.17, 15) is 4.79 Å². The van der Waals surface area contributed by atoms with E-state index < -0.39 is 0 Å². The molecule has 0 saturated carbocycles. The number of nitrogens with one attached hydrogen (secondary N) is 2. The Kier molecular flexibility index (Phi) is 4.25. The monoisotopic (exact) mass is 285 g/mol. The maximum atomic E-state index is 12.3. The number of hydrogen-bond acceptors (Lipinski definition) is 2. The normalized spacial score (nSPS) is 19.1. The largest absolute Gasteiger partial charge is 0.361 e. The average Bonchev–Trinajstić information content (AvgIpc) is 2.91. The van der Waals surface area contributed by atoms with E-state index in [-0.39, 0.29) is 0 Å². The van der Waals surface area contributed by atoms with Gasteiger partial charge in [-0.1, -0.05) is 18.2 Å². The minimum absolute atomic E-state index is 0.295. The number of aryl methyl sites for hydroxylation is 1. The molecule has 21 heavy (non-hydrogen) atoms. The van der Waals surface area contributed by atoms with Crippen molar-refractivity contribution in [2.45, 2.75) is 32.2 Å². The highest BCUT2D eigenvalue weighted by Gasteiger charge is 2.22. The van der Waals surface area contributed by atoms with E-state index in [0.717, 1.165) is 32.5 Å². The minimum Gasteiger partial charge on any atom is -0.361 e. The molecule has 0 aliphatic carbocycles. The Morgan fingerprint density at radius 1 is 1.38 bits per heavy atom. The van der Waals surface area contributed by atoms with Gasteiger partial charge in [-0.3, -0.25) is 4.79 Å². The SMILES string of the molecule is CC1CNCCN1C(=O)CCCc1c[nH]c2ccccc12. The van der Waals surface area contributed by atoms with Crippen LogP contribution in [0.4, 0.5) is 0 Å². The van der Waals surface area contributed by atoms with Gasteiger partial charge in [0.2, 0.25) is 5.91 Å². The first-order chi connectivity index (χ1) is 10.3. The summed E-state index contributed by atoms with van der Waals surface area (Å²) in [5.74, 6) is 0.295. The number of aromatic nitrogens is 1. The Hall–Kier alpha value is -1.81. The second kappa shape index (κ2) is 6.31. The Morgan fingerprint density at radius 3 is 3.10 bits per heavy atom. The molecule has 1 saturated heterocycles. The molecule has 1 atom stereocenters. The number of fused-ring (bicyclic) bond motifs is 1. The van der Waals surface area contributed by atoms with Crippen molar-refractivity contribution in [1.82, 2.24) is 15.2 Å². The van der Waals surface area contributed by atoms with E-state index in [2.05, 4.69) is 41.6 Å². The number of rotatable bonds is 4. The molecule has 1 fully saturated rings. The van der Waals surface area contributed by atoms with Crippen molar-refractivity contribution in [3.63, 3.8) is 0 Å². The van der Waals surface area contributed by atoms with E-state index in [0.29, 0.717) is 18.4 Å². The average molecular weight is 285 g/mol. The Bertz CT molecular complexity index is 619. The van der Waals surface area contributed by atoms with Crippen LogP contribution in [0.1, 0.15) is 25.3 Å². The Labute approximate surface area is 125 Å². The third kappa shape index (κ3) is 3.10. The molecular weight excluding hydrogens is 262 g/mol. The number of piperazine rings is 1. The lowest BCUT2D eigenvalue weighted by atomic mass is 10.1. The van der Waals surface area contributed by atoms with Crippen LogP contribution in [0.15, 0.2) is 30.5 Å². The second-order valence-corrected chi connectivity index (χ2v) is 5.85. The zero-order valence-corrected chi connectivity index (χ0v) is 12.6. The summed E-state index contributed by atoms with van der Waals surface area (Å²) in [6.45, 7) is 4.78. The smallest absolute Gasteiger partial charge is 0.222 e. The second-order valence-electron chi connectivity index (χ2n) is 5.85. The molecule has 112 valence electrons. The number of carbonyl (C=O) groups excluding carboxylic acids is 1. The predicted molar refractivity (Wildman–Crippen MR) is 85.3 cm³/mol. The number of benzene rings is 1. The number of amides is 1. The first kappa shape index (κ1) is 14.1. The molecule has 0 bridgehead atoms. The third-order valence-corrected chi connectivity index (χ3v) is 4.33. The molecule has 4 heteroatoms. The topological polar surface area (TPSA) is 48.1 Å². The summed E-state index contributed by atoms with van der Waals surface area (Å²) < 4.78 is 0. The van der Waals surface area contributed by atoms with E-state index in [1.807, 2.05) is 11.0 Å². The molecule has 2 aromatic rings. The van der Waals surface area contributed by atoms with Crippen molar-refractivity contribution in [1.29, 1.82) is 0 Å². The van der Waals surface area contributed by atoms with Crippen molar-refractivity contribution >= 4 is 16.8 Å². The molecule has 1 aromatic carbocycles. The Balaban J connectivity index is 1.55. The molecule has 1 unspecified atom stereocenters. The van der Waals surface area contributed by atoms with Crippen LogP contribution in [-0.4, -0.2) is 41.5 Å². The molecule has 4 nitrogen and oxygen atoms in total. The number of hydrogen-bond donors (Lipinski definition) is 2. The molecule has 1 amide bonds. The van der Waals surface area contributed by atoms with Crippen LogP contribution >= 0.6 is 0 Å². The summed E-state index contributed by atoms with van der Waals surface area (Å²) in [7, 11) is 0. The zero-order chi connectivity index (χ0) is 14.7. The summed E-state index contributed by atoms with van der Waals surface area (Å²) in [4.78, 5) is 17.6. The standard InChI is InChI=1S/C17H23N3O/c1-13-11-18-9-10-20(13)17(21)8-4-5-14-12-19-16-7-3-2-6-15(14)16/h2-3,6-7,12-13,18-19H,4-5,8-11H2,1H3. The van der Waals surface area contributed by atoms with Crippen LogP contribution in [0.2, 0.25) is 0 Å².